The second-order valence-corrected chi connectivity index (χ2v) is 6.89. The van der Waals surface area contributed by atoms with E-state index in [4.69, 9.17) is 0 Å². The van der Waals surface area contributed by atoms with Gasteiger partial charge in [-0.15, -0.1) is 5.10 Å². The molecule has 0 bridgehead atoms. The number of thioether (sulfide) groups is 1. The topological polar surface area (TPSA) is 72.7 Å². The third-order valence-corrected chi connectivity index (χ3v) is 4.59. The molecule has 3 rings (SSSR count). The summed E-state index contributed by atoms with van der Waals surface area (Å²) in [6, 6.07) is 10.5. The first kappa shape index (κ1) is 18.0. The summed E-state index contributed by atoms with van der Waals surface area (Å²) in [5.41, 5.74) is 1.65. The zero-order valence-corrected chi connectivity index (χ0v) is 14.8. The van der Waals surface area contributed by atoms with Gasteiger partial charge in [0.15, 0.2) is 0 Å². The van der Waals surface area contributed by atoms with Crippen LogP contribution in [0.15, 0.2) is 47.6 Å². The molecule has 0 saturated heterocycles. The number of aromatic nitrogens is 4. The number of rotatable bonds is 5. The number of hydrogen-bond donors (Lipinski definition) is 1. The summed E-state index contributed by atoms with van der Waals surface area (Å²) in [5.74, 6) is -1.83. The summed E-state index contributed by atoms with van der Waals surface area (Å²) in [5, 5.41) is 13.7. The Labute approximate surface area is 152 Å². The molecule has 0 radical (unpaired) electrons. The van der Waals surface area contributed by atoms with Crippen LogP contribution in [0.1, 0.15) is 12.5 Å². The molecule has 0 aliphatic heterocycles. The molecule has 3 aromatic rings. The van der Waals surface area contributed by atoms with E-state index in [0.29, 0.717) is 5.16 Å². The summed E-state index contributed by atoms with van der Waals surface area (Å²) in [6.07, 6.45) is 0. The van der Waals surface area contributed by atoms with Crippen LogP contribution in [0.5, 0.6) is 0 Å². The molecule has 1 aromatic heterocycles. The molecule has 9 heteroatoms. The fourth-order valence-electron chi connectivity index (χ4n) is 2.14. The highest BCUT2D eigenvalue weighted by Crippen LogP contribution is 2.24. The van der Waals surface area contributed by atoms with Crippen molar-refractivity contribution in [2.24, 2.45) is 0 Å². The number of carbonyl (C=O) groups is 1. The van der Waals surface area contributed by atoms with Crippen molar-refractivity contribution in [1.29, 1.82) is 0 Å². The van der Waals surface area contributed by atoms with Gasteiger partial charge in [-0.25, -0.2) is 8.78 Å². The van der Waals surface area contributed by atoms with Gasteiger partial charge < -0.3 is 5.32 Å². The summed E-state index contributed by atoms with van der Waals surface area (Å²) >= 11 is 1.11. The number of anilines is 1. The van der Waals surface area contributed by atoms with Crippen molar-refractivity contribution in [1.82, 2.24) is 20.2 Å². The Balaban J connectivity index is 1.73. The van der Waals surface area contributed by atoms with Crippen LogP contribution in [0.4, 0.5) is 14.5 Å². The predicted octanol–water partition coefficient (Wildman–Crippen LogP) is 3.37. The van der Waals surface area contributed by atoms with Crippen LogP contribution in [-0.4, -0.2) is 31.4 Å². The number of amides is 1. The van der Waals surface area contributed by atoms with Gasteiger partial charge in [0.05, 0.1) is 16.6 Å². The molecule has 0 aliphatic rings. The lowest BCUT2D eigenvalue weighted by molar-refractivity contribution is -0.115. The Kier molecular flexibility index (Phi) is 5.27. The predicted molar refractivity (Wildman–Crippen MR) is 94.2 cm³/mol. The minimum Gasteiger partial charge on any atom is -0.323 e. The highest BCUT2D eigenvalue weighted by Gasteiger charge is 2.20. The van der Waals surface area contributed by atoms with E-state index in [0.717, 1.165) is 41.2 Å². The minimum absolute atomic E-state index is 0.208. The van der Waals surface area contributed by atoms with Crippen LogP contribution < -0.4 is 5.32 Å². The van der Waals surface area contributed by atoms with Crippen molar-refractivity contribution in [2.45, 2.75) is 24.3 Å². The molecule has 0 spiro atoms. The van der Waals surface area contributed by atoms with E-state index in [2.05, 4.69) is 20.8 Å². The summed E-state index contributed by atoms with van der Waals surface area (Å²) in [6.45, 7) is 3.60. The third kappa shape index (κ3) is 4.05. The molecule has 0 aliphatic carbocycles. The van der Waals surface area contributed by atoms with Gasteiger partial charge in [-0.2, -0.15) is 4.68 Å². The lowest BCUT2D eigenvalue weighted by atomic mass is 10.2. The molecular weight excluding hydrogens is 360 g/mol. The average Bonchev–Trinajstić information content (AvgIpc) is 3.07. The molecular formula is C17H15F2N5OS. The van der Waals surface area contributed by atoms with Gasteiger partial charge in [-0.1, -0.05) is 29.5 Å². The monoisotopic (exact) mass is 375 g/mol. The second-order valence-electron chi connectivity index (χ2n) is 5.58. The van der Waals surface area contributed by atoms with E-state index in [9.17, 15) is 13.6 Å². The molecule has 26 heavy (non-hydrogen) atoms. The van der Waals surface area contributed by atoms with E-state index in [1.54, 1.807) is 6.92 Å². The zero-order chi connectivity index (χ0) is 18.7. The average molecular weight is 375 g/mol. The molecule has 1 N–H and O–H groups in total. The molecule has 6 nitrogen and oxygen atoms in total. The Morgan fingerprint density at radius 3 is 2.65 bits per heavy atom. The highest BCUT2D eigenvalue weighted by molar-refractivity contribution is 8.00. The molecule has 0 fully saturated rings. The number of benzene rings is 2. The van der Waals surface area contributed by atoms with Crippen molar-refractivity contribution in [2.75, 3.05) is 5.32 Å². The van der Waals surface area contributed by atoms with E-state index >= 15 is 0 Å². The Morgan fingerprint density at radius 2 is 1.92 bits per heavy atom. The van der Waals surface area contributed by atoms with Gasteiger partial charge in [0.2, 0.25) is 11.1 Å². The first-order valence-corrected chi connectivity index (χ1v) is 8.60. The molecule has 1 amide bonds. The van der Waals surface area contributed by atoms with Gasteiger partial charge in [-0.05, 0) is 48.5 Å². The number of nitrogens with zero attached hydrogens (tertiary/aromatic N) is 4. The van der Waals surface area contributed by atoms with E-state index < -0.39 is 22.8 Å². The van der Waals surface area contributed by atoms with Crippen molar-refractivity contribution in [3.63, 3.8) is 0 Å². The number of halogens is 2. The Hall–Kier alpha value is -2.81. The number of tetrazole rings is 1. The largest absolute Gasteiger partial charge is 0.323 e. The smallest absolute Gasteiger partial charge is 0.237 e. The number of carbonyl (C=O) groups excluding carboxylic acids is 1. The SMILES string of the molecule is Cc1ccc(-n2nnnc2SC(C)C(=O)Nc2cc(F)ccc2F)cc1. The first-order valence-electron chi connectivity index (χ1n) is 7.72. The van der Waals surface area contributed by atoms with E-state index in [-0.39, 0.29) is 5.69 Å². The lowest BCUT2D eigenvalue weighted by Crippen LogP contribution is -2.23. The molecule has 0 saturated carbocycles. The van der Waals surface area contributed by atoms with Crippen LogP contribution in [0.25, 0.3) is 5.69 Å². The van der Waals surface area contributed by atoms with Crippen molar-refractivity contribution < 1.29 is 13.6 Å². The van der Waals surface area contributed by atoms with E-state index in [1.165, 1.54) is 4.68 Å². The van der Waals surface area contributed by atoms with Crippen LogP contribution in [0.3, 0.4) is 0 Å². The number of nitrogens with one attached hydrogen (secondary N) is 1. The fourth-order valence-corrected chi connectivity index (χ4v) is 2.95. The third-order valence-electron chi connectivity index (χ3n) is 3.56. The van der Waals surface area contributed by atoms with Crippen LogP contribution in [-0.2, 0) is 4.79 Å². The van der Waals surface area contributed by atoms with Gasteiger partial charge >= 0.3 is 0 Å². The minimum atomic E-state index is -0.707. The Morgan fingerprint density at radius 1 is 1.19 bits per heavy atom. The molecule has 1 heterocycles. The van der Waals surface area contributed by atoms with E-state index in [1.807, 2.05) is 31.2 Å². The maximum atomic E-state index is 13.7. The van der Waals surface area contributed by atoms with Gasteiger partial charge in [0, 0.05) is 6.07 Å². The second kappa shape index (κ2) is 7.61. The maximum absolute atomic E-state index is 13.7. The van der Waals surface area contributed by atoms with Gasteiger partial charge in [0.25, 0.3) is 0 Å². The normalized spacial score (nSPS) is 12.0. The molecule has 134 valence electrons. The molecule has 1 atom stereocenters. The van der Waals surface area contributed by atoms with Crippen molar-refractivity contribution in [3.05, 3.63) is 59.7 Å². The van der Waals surface area contributed by atoms with Crippen LogP contribution >= 0.6 is 11.8 Å². The number of hydrogen-bond acceptors (Lipinski definition) is 5. The molecule has 2 aromatic carbocycles. The molecule has 1 unspecified atom stereocenters. The Bertz CT molecular complexity index is 929. The van der Waals surface area contributed by atoms with Crippen molar-refractivity contribution in [3.8, 4) is 5.69 Å². The lowest BCUT2D eigenvalue weighted by Gasteiger charge is -2.12. The quantitative estimate of drug-likeness (QED) is 0.692. The highest BCUT2D eigenvalue weighted by atomic mass is 32.2. The maximum Gasteiger partial charge on any atom is 0.237 e. The number of aryl methyl sites for hydroxylation is 1. The van der Waals surface area contributed by atoms with Crippen LogP contribution in [0.2, 0.25) is 0 Å². The zero-order valence-electron chi connectivity index (χ0n) is 14.0. The van der Waals surface area contributed by atoms with Gasteiger partial charge in [-0.3, -0.25) is 4.79 Å². The summed E-state index contributed by atoms with van der Waals surface area (Å²) < 4.78 is 28.4. The van der Waals surface area contributed by atoms with Crippen LogP contribution in [0, 0.1) is 18.6 Å². The first-order chi connectivity index (χ1) is 12.4. The fraction of sp³-hybridized carbons (Fsp3) is 0.176. The summed E-state index contributed by atoms with van der Waals surface area (Å²) in [7, 11) is 0. The van der Waals surface area contributed by atoms with Gasteiger partial charge in [0.1, 0.15) is 11.6 Å². The standard InChI is InChI=1S/C17H15F2N5OS/c1-10-3-6-13(7-4-10)24-17(21-22-23-24)26-11(2)16(25)20-15-9-12(18)5-8-14(15)19/h3-9,11H,1-2H3,(H,20,25). The summed E-state index contributed by atoms with van der Waals surface area (Å²) in [4.78, 5) is 12.3. The van der Waals surface area contributed by atoms with Crippen molar-refractivity contribution >= 4 is 23.4 Å².